The van der Waals surface area contributed by atoms with Gasteiger partial charge in [0.15, 0.2) is 0 Å². The van der Waals surface area contributed by atoms with Gasteiger partial charge in [-0.15, -0.1) is 6.42 Å². The van der Waals surface area contributed by atoms with Gasteiger partial charge in [0.1, 0.15) is 12.3 Å². The van der Waals surface area contributed by atoms with E-state index >= 15 is 0 Å². The van der Waals surface area contributed by atoms with Gasteiger partial charge in [-0.3, -0.25) is 9.59 Å². The van der Waals surface area contributed by atoms with Gasteiger partial charge in [0.25, 0.3) is 5.91 Å². The van der Waals surface area contributed by atoms with Crippen LogP contribution in [0.3, 0.4) is 0 Å². The molecular weight excluding hydrogens is 234 g/mol. The number of aryl methyl sites for hydroxylation is 1. The minimum atomic E-state index is -1.16. The summed E-state index contributed by atoms with van der Waals surface area (Å²) in [6.45, 7) is 1.13. The molecule has 1 rings (SSSR count). The highest BCUT2D eigenvalue weighted by atomic mass is 16.4. The summed E-state index contributed by atoms with van der Waals surface area (Å²) in [7, 11) is 0. The summed E-state index contributed by atoms with van der Waals surface area (Å²) in [5.41, 5.74) is 0.832. The third-order valence-corrected chi connectivity index (χ3v) is 2.28. The Morgan fingerprint density at radius 2 is 2.11 bits per heavy atom. The van der Waals surface area contributed by atoms with Crippen molar-refractivity contribution in [1.29, 1.82) is 0 Å². The summed E-state index contributed by atoms with van der Waals surface area (Å²) in [6, 6.07) is 4.52. The van der Waals surface area contributed by atoms with E-state index in [0.29, 0.717) is 0 Å². The van der Waals surface area contributed by atoms with Gasteiger partial charge in [0, 0.05) is 0 Å². The molecule has 0 radical (unpaired) electrons. The summed E-state index contributed by atoms with van der Waals surface area (Å²) in [4.78, 5) is 23.7. The number of benzene rings is 1. The molecule has 1 aromatic rings. The van der Waals surface area contributed by atoms with Crippen LogP contribution >= 0.6 is 0 Å². The lowest BCUT2D eigenvalue weighted by atomic mass is 10.1. The number of aromatic hydroxyl groups is 1. The minimum Gasteiger partial charge on any atom is -0.507 e. The molecule has 0 aliphatic rings. The van der Waals surface area contributed by atoms with Crippen LogP contribution in [0.15, 0.2) is 18.2 Å². The van der Waals surface area contributed by atoms with Crippen LogP contribution in [0.25, 0.3) is 0 Å². The van der Waals surface area contributed by atoms with Crippen LogP contribution in [-0.2, 0) is 4.79 Å². The van der Waals surface area contributed by atoms with E-state index in [1.165, 1.54) is 12.1 Å². The summed E-state index contributed by atoms with van der Waals surface area (Å²) in [5.74, 6) is 0.260. The normalized spacial score (nSPS) is 9.56. The van der Waals surface area contributed by atoms with E-state index in [9.17, 15) is 14.7 Å². The molecule has 1 amide bonds. The Kier molecular flexibility index (Phi) is 4.33. The zero-order chi connectivity index (χ0) is 13.7. The van der Waals surface area contributed by atoms with Gasteiger partial charge in [-0.2, -0.15) is 0 Å². The van der Waals surface area contributed by atoms with Gasteiger partial charge in [0.05, 0.1) is 12.1 Å². The molecule has 0 bridgehead atoms. The zero-order valence-corrected chi connectivity index (χ0v) is 9.88. The fourth-order valence-electron chi connectivity index (χ4n) is 1.46. The highest BCUT2D eigenvalue weighted by Gasteiger charge is 2.20. The molecule has 0 saturated carbocycles. The number of carboxylic acids is 1. The molecule has 0 heterocycles. The zero-order valence-electron chi connectivity index (χ0n) is 9.88. The lowest BCUT2D eigenvalue weighted by Crippen LogP contribution is -2.36. The number of nitrogens with zero attached hydrogens (tertiary/aromatic N) is 1. The average molecular weight is 247 g/mol. The first kappa shape index (κ1) is 13.6. The van der Waals surface area contributed by atoms with Gasteiger partial charge >= 0.3 is 5.97 Å². The van der Waals surface area contributed by atoms with Crippen LogP contribution in [0.1, 0.15) is 15.9 Å². The van der Waals surface area contributed by atoms with Crippen molar-refractivity contribution in [3.05, 3.63) is 29.3 Å². The predicted molar refractivity (Wildman–Crippen MR) is 65.2 cm³/mol. The summed E-state index contributed by atoms with van der Waals surface area (Å²) in [5, 5.41) is 18.3. The maximum atomic E-state index is 12.1. The van der Waals surface area contributed by atoms with Gasteiger partial charge in [0.2, 0.25) is 0 Å². The number of phenols is 1. The Morgan fingerprint density at radius 3 is 2.67 bits per heavy atom. The number of phenolic OH excluding ortho intramolecular Hbond substituents is 1. The minimum absolute atomic E-state index is 0.0477. The lowest BCUT2D eigenvalue weighted by molar-refractivity contribution is -0.137. The second-order valence-electron chi connectivity index (χ2n) is 3.78. The molecule has 5 nitrogen and oxygen atoms in total. The van der Waals surface area contributed by atoms with Gasteiger partial charge in [-0.25, -0.2) is 0 Å². The third-order valence-electron chi connectivity index (χ3n) is 2.28. The maximum absolute atomic E-state index is 12.1. The summed E-state index contributed by atoms with van der Waals surface area (Å²) < 4.78 is 0. The van der Waals surface area contributed by atoms with Gasteiger partial charge in [-0.05, 0) is 19.1 Å². The Bertz CT molecular complexity index is 516. The van der Waals surface area contributed by atoms with Crippen molar-refractivity contribution in [3.8, 4) is 18.1 Å². The van der Waals surface area contributed by atoms with Crippen molar-refractivity contribution >= 4 is 11.9 Å². The standard InChI is InChI=1S/C13H13NO4/c1-3-6-14(8-12(16)17)13(18)10-7-9(2)4-5-11(10)15/h1,4-5,7,15H,6,8H2,2H3,(H,16,17). The fraction of sp³-hybridized carbons (Fsp3) is 0.231. The molecular formula is C13H13NO4. The molecule has 0 spiro atoms. The fourth-order valence-corrected chi connectivity index (χ4v) is 1.46. The van der Waals surface area contributed by atoms with E-state index in [1.807, 2.05) is 0 Å². The van der Waals surface area contributed by atoms with E-state index in [1.54, 1.807) is 13.0 Å². The predicted octanol–water partition coefficient (Wildman–Crippen LogP) is 0.861. The molecule has 1 aromatic carbocycles. The quantitative estimate of drug-likeness (QED) is 0.773. The first-order valence-corrected chi connectivity index (χ1v) is 5.20. The van der Waals surface area contributed by atoms with Crippen LogP contribution in [0, 0.1) is 19.3 Å². The Hall–Kier alpha value is -2.48. The van der Waals surface area contributed by atoms with E-state index in [4.69, 9.17) is 11.5 Å². The first-order chi connectivity index (χ1) is 8.45. The largest absolute Gasteiger partial charge is 0.507 e. The van der Waals surface area contributed by atoms with E-state index in [2.05, 4.69) is 5.92 Å². The number of hydrogen-bond donors (Lipinski definition) is 2. The number of amides is 1. The Balaban J connectivity index is 3.05. The number of aliphatic carboxylic acids is 1. The highest BCUT2D eigenvalue weighted by molar-refractivity contribution is 5.98. The molecule has 0 saturated heterocycles. The van der Waals surface area contributed by atoms with E-state index in [0.717, 1.165) is 10.5 Å². The van der Waals surface area contributed by atoms with Crippen LogP contribution in [-0.4, -0.2) is 40.1 Å². The molecule has 94 valence electrons. The van der Waals surface area contributed by atoms with Crippen molar-refractivity contribution in [1.82, 2.24) is 4.90 Å². The summed E-state index contributed by atoms with van der Waals surface area (Å²) >= 11 is 0. The molecule has 0 unspecified atom stereocenters. The molecule has 2 N–H and O–H groups in total. The van der Waals surface area contributed by atoms with Crippen molar-refractivity contribution in [2.24, 2.45) is 0 Å². The van der Waals surface area contributed by atoms with Crippen LogP contribution < -0.4 is 0 Å². The second-order valence-corrected chi connectivity index (χ2v) is 3.78. The number of carbonyl (C=O) groups excluding carboxylic acids is 1. The average Bonchev–Trinajstić information content (AvgIpc) is 2.30. The highest BCUT2D eigenvalue weighted by Crippen LogP contribution is 2.19. The van der Waals surface area contributed by atoms with Crippen LogP contribution in [0.2, 0.25) is 0 Å². The molecule has 0 fully saturated rings. The molecule has 0 aliphatic carbocycles. The molecule has 5 heteroatoms. The number of terminal acetylenes is 1. The number of carboxylic acid groups (broad SMARTS) is 1. The second kappa shape index (κ2) is 5.73. The number of hydrogen-bond acceptors (Lipinski definition) is 3. The van der Waals surface area contributed by atoms with Crippen molar-refractivity contribution < 1.29 is 19.8 Å². The van der Waals surface area contributed by atoms with Gasteiger partial charge < -0.3 is 15.1 Å². The molecule has 0 aliphatic heterocycles. The van der Waals surface area contributed by atoms with Crippen LogP contribution in [0.4, 0.5) is 0 Å². The first-order valence-electron chi connectivity index (χ1n) is 5.20. The molecule has 0 atom stereocenters. The molecule has 18 heavy (non-hydrogen) atoms. The smallest absolute Gasteiger partial charge is 0.323 e. The summed E-state index contributed by atoms with van der Waals surface area (Å²) in [6.07, 6.45) is 5.09. The third kappa shape index (κ3) is 3.25. The Morgan fingerprint density at radius 1 is 1.44 bits per heavy atom. The monoisotopic (exact) mass is 247 g/mol. The lowest BCUT2D eigenvalue weighted by Gasteiger charge is -2.18. The Labute approximate surface area is 105 Å². The number of rotatable bonds is 4. The van der Waals surface area contributed by atoms with Crippen molar-refractivity contribution in [2.45, 2.75) is 6.92 Å². The van der Waals surface area contributed by atoms with Gasteiger partial charge in [-0.1, -0.05) is 17.6 Å². The topological polar surface area (TPSA) is 77.8 Å². The molecule has 0 aromatic heterocycles. The number of carbonyl (C=O) groups is 2. The van der Waals surface area contributed by atoms with Crippen molar-refractivity contribution in [2.75, 3.05) is 13.1 Å². The van der Waals surface area contributed by atoms with E-state index in [-0.39, 0.29) is 17.9 Å². The van der Waals surface area contributed by atoms with Crippen LogP contribution in [0.5, 0.6) is 5.75 Å². The maximum Gasteiger partial charge on any atom is 0.323 e. The van der Waals surface area contributed by atoms with Crippen molar-refractivity contribution in [3.63, 3.8) is 0 Å². The SMILES string of the molecule is C#CCN(CC(=O)O)C(=O)c1cc(C)ccc1O. The van der Waals surface area contributed by atoms with E-state index < -0.39 is 18.4 Å².